The predicted molar refractivity (Wildman–Crippen MR) is 98.1 cm³/mol. The van der Waals surface area contributed by atoms with Gasteiger partial charge >= 0.3 is 6.18 Å². The van der Waals surface area contributed by atoms with Gasteiger partial charge in [-0.05, 0) is 36.2 Å². The molecule has 2 N–H and O–H groups in total. The lowest BCUT2D eigenvalue weighted by Gasteiger charge is -2.22. The number of anilines is 1. The van der Waals surface area contributed by atoms with Gasteiger partial charge < -0.3 is 10.6 Å². The quantitative estimate of drug-likeness (QED) is 0.831. The van der Waals surface area contributed by atoms with Gasteiger partial charge in [0.2, 0.25) is 0 Å². The van der Waals surface area contributed by atoms with E-state index in [2.05, 4.69) is 4.90 Å². The van der Waals surface area contributed by atoms with Crippen molar-refractivity contribution in [2.45, 2.75) is 19.1 Å². The van der Waals surface area contributed by atoms with Gasteiger partial charge in [-0.25, -0.2) is 0 Å². The second kappa shape index (κ2) is 8.00. The van der Waals surface area contributed by atoms with Crippen LogP contribution in [0.5, 0.6) is 0 Å². The van der Waals surface area contributed by atoms with Crippen molar-refractivity contribution in [2.75, 3.05) is 31.9 Å². The number of para-hydroxylation sites is 1. The zero-order valence-corrected chi connectivity index (χ0v) is 14.9. The average molecular weight is 377 g/mol. The molecule has 1 aliphatic rings. The van der Waals surface area contributed by atoms with Crippen molar-refractivity contribution in [2.24, 2.45) is 0 Å². The Hall–Kier alpha value is -2.54. The summed E-state index contributed by atoms with van der Waals surface area (Å²) < 4.78 is 38.0. The number of carbonyl (C=O) groups excluding carboxylic acids is 1. The van der Waals surface area contributed by atoms with E-state index >= 15 is 0 Å². The average Bonchev–Trinajstić information content (AvgIpc) is 2.87. The number of nitrogens with zero attached hydrogens (tertiary/aromatic N) is 2. The number of halogens is 3. The Balaban J connectivity index is 1.60. The molecule has 3 rings (SSSR count). The maximum Gasteiger partial charge on any atom is 0.416 e. The Kier molecular flexibility index (Phi) is 5.70. The summed E-state index contributed by atoms with van der Waals surface area (Å²) in [5.74, 6) is -0.0792. The van der Waals surface area contributed by atoms with Crippen LogP contribution in [0.15, 0.2) is 48.5 Å². The first-order valence-corrected chi connectivity index (χ1v) is 8.87. The summed E-state index contributed by atoms with van der Waals surface area (Å²) in [5.41, 5.74) is 7.06. The normalized spacial score (nSPS) is 16.2. The summed E-state index contributed by atoms with van der Waals surface area (Å²) in [6.45, 7) is 3.21. The monoisotopic (exact) mass is 377 g/mol. The first kappa shape index (κ1) is 19.2. The Morgan fingerprint density at radius 3 is 2.33 bits per heavy atom. The van der Waals surface area contributed by atoms with Crippen molar-refractivity contribution in [1.29, 1.82) is 0 Å². The zero-order valence-electron chi connectivity index (χ0n) is 14.9. The fourth-order valence-electron chi connectivity index (χ4n) is 3.25. The molecule has 1 saturated heterocycles. The highest BCUT2D eigenvalue weighted by atomic mass is 19.4. The number of carbonyl (C=O) groups is 1. The lowest BCUT2D eigenvalue weighted by molar-refractivity contribution is -0.137. The fraction of sp³-hybridized carbons (Fsp3) is 0.350. The van der Waals surface area contributed by atoms with Crippen LogP contribution < -0.4 is 5.73 Å². The van der Waals surface area contributed by atoms with Crippen molar-refractivity contribution >= 4 is 11.6 Å². The highest BCUT2D eigenvalue weighted by molar-refractivity contribution is 5.99. The number of amides is 1. The second-order valence-electron chi connectivity index (χ2n) is 6.70. The van der Waals surface area contributed by atoms with Gasteiger partial charge in [0, 0.05) is 38.4 Å². The molecule has 0 radical (unpaired) electrons. The number of benzene rings is 2. The highest BCUT2D eigenvalue weighted by Gasteiger charge is 2.30. The third-order valence-electron chi connectivity index (χ3n) is 4.75. The van der Waals surface area contributed by atoms with Gasteiger partial charge in [0.25, 0.3) is 5.91 Å². The fourth-order valence-corrected chi connectivity index (χ4v) is 3.25. The molecule has 0 bridgehead atoms. The highest BCUT2D eigenvalue weighted by Crippen LogP contribution is 2.29. The van der Waals surface area contributed by atoms with Crippen LogP contribution in [-0.2, 0) is 12.7 Å². The van der Waals surface area contributed by atoms with Gasteiger partial charge in [-0.1, -0.05) is 24.3 Å². The smallest absolute Gasteiger partial charge is 0.398 e. The molecule has 0 spiro atoms. The molecule has 1 heterocycles. The molecule has 0 unspecified atom stereocenters. The Morgan fingerprint density at radius 2 is 1.67 bits per heavy atom. The molecular weight excluding hydrogens is 355 g/mol. The van der Waals surface area contributed by atoms with Crippen molar-refractivity contribution in [3.8, 4) is 0 Å². The van der Waals surface area contributed by atoms with E-state index in [4.69, 9.17) is 5.73 Å². The van der Waals surface area contributed by atoms with Gasteiger partial charge in [-0.3, -0.25) is 9.69 Å². The van der Waals surface area contributed by atoms with Crippen LogP contribution in [0.25, 0.3) is 0 Å². The molecule has 4 nitrogen and oxygen atoms in total. The van der Waals surface area contributed by atoms with Gasteiger partial charge in [-0.15, -0.1) is 0 Å². The van der Waals surface area contributed by atoms with Crippen LogP contribution in [-0.4, -0.2) is 41.9 Å². The Morgan fingerprint density at radius 1 is 0.963 bits per heavy atom. The first-order valence-electron chi connectivity index (χ1n) is 8.87. The molecule has 1 aliphatic heterocycles. The van der Waals surface area contributed by atoms with Gasteiger partial charge in [-0.2, -0.15) is 13.2 Å². The van der Waals surface area contributed by atoms with E-state index in [9.17, 15) is 18.0 Å². The maximum absolute atomic E-state index is 12.7. The lowest BCUT2D eigenvalue weighted by Crippen LogP contribution is -2.35. The lowest BCUT2D eigenvalue weighted by atomic mass is 10.1. The summed E-state index contributed by atoms with van der Waals surface area (Å²) in [6.07, 6.45) is -3.51. The van der Waals surface area contributed by atoms with E-state index in [1.165, 1.54) is 12.1 Å². The molecule has 27 heavy (non-hydrogen) atoms. The SMILES string of the molecule is Nc1ccccc1C(=O)N1CCCN(Cc2ccc(C(F)(F)F)cc2)CC1. The molecule has 7 heteroatoms. The van der Waals surface area contributed by atoms with E-state index < -0.39 is 11.7 Å². The number of hydrogen-bond acceptors (Lipinski definition) is 3. The Bertz CT molecular complexity index is 790. The first-order chi connectivity index (χ1) is 12.8. The van der Waals surface area contributed by atoms with Crippen molar-refractivity contribution in [3.05, 3.63) is 65.2 Å². The van der Waals surface area contributed by atoms with Crippen LogP contribution in [0.4, 0.5) is 18.9 Å². The minimum atomic E-state index is -4.32. The molecule has 0 aliphatic carbocycles. The van der Waals surface area contributed by atoms with E-state index in [1.807, 2.05) is 0 Å². The van der Waals surface area contributed by atoms with E-state index in [0.29, 0.717) is 37.4 Å². The van der Waals surface area contributed by atoms with Crippen molar-refractivity contribution < 1.29 is 18.0 Å². The van der Waals surface area contributed by atoms with Gasteiger partial charge in [0.05, 0.1) is 11.1 Å². The molecule has 2 aromatic rings. The Labute approximate surface area is 156 Å². The van der Waals surface area contributed by atoms with Crippen LogP contribution in [0, 0.1) is 0 Å². The number of hydrogen-bond donors (Lipinski definition) is 1. The van der Waals surface area contributed by atoms with Crippen LogP contribution >= 0.6 is 0 Å². The number of rotatable bonds is 3. The van der Waals surface area contributed by atoms with Crippen LogP contribution in [0.3, 0.4) is 0 Å². The molecule has 1 amide bonds. The molecular formula is C20H22F3N3O. The minimum Gasteiger partial charge on any atom is -0.398 e. The number of nitrogen functional groups attached to an aromatic ring is 1. The minimum absolute atomic E-state index is 0.0792. The topological polar surface area (TPSA) is 49.6 Å². The summed E-state index contributed by atoms with van der Waals surface area (Å²) in [6, 6.07) is 12.3. The van der Waals surface area contributed by atoms with Crippen LogP contribution in [0.1, 0.15) is 27.9 Å². The number of alkyl halides is 3. The standard InChI is InChI=1S/C20H22F3N3O/c21-20(22,23)16-8-6-15(7-9-16)14-25-10-3-11-26(13-12-25)19(27)17-4-1-2-5-18(17)24/h1-2,4-9H,3,10-14,24H2. The van der Waals surface area contributed by atoms with Gasteiger partial charge in [0.15, 0.2) is 0 Å². The predicted octanol–water partition coefficient (Wildman–Crippen LogP) is 3.64. The van der Waals surface area contributed by atoms with Crippen LogP contribution in [0.2, 0.25) is 0 Å². The largest absolute Gasteiger partial charge is 0.416 e. The third kappa shape index (κ3) is 4.80. The van der Waals surface area contributed by atoms with E-state index in [1.54, 1.807) is 29.2 Å². The maximum atomic E-state index is 12.7. The zero-order chi connectivity index (χ0) is 19.4. The summed E-state index contributed by atoms with van der Waals surface area (Å²) in [4.78, 5) is 16.6. The molecule has 0 saturated carbocycles. The summed E-state index contributed by atoms with van der Waals surface area (Å²) in [7, 11) is 0. The van der Waals surface area contributed by atoms with Crippen molar-refractivity contribution in [1.82, 2.24) is 9.80 Å². The van der Waals surface area contributed by atoms with Gasteiger partial charge in [0.1, 0.15) is 0 Å². The molecule has 0 aromatic heterocycles. The second-order valence-corrected chi connectivity index (χ2v) is 6.70. The molecule has 2 aromatic carbocycles. The molecule has 144 valence electrons. The summed E-state index contributed by atoms with van der Waals surface area (Å²) in [5, 5.41) is 0. The molecule has 1 fully saturated rings. The van der Waals surface area contributed by atoms with Crippen molar-refractivity contribution in [3.63, 3.8) is 0 Å². The summed E-state index contributed by atoms with van der Waals surface area (Å²) >= 11 is 0. The molecule has 0 atom stereocenters. The van der Waals surface area contributed by atoms with E-state index in [-0.39, 0.29) is 5.91 Å². The van der Waals surface area contributed by atoms with E-state index in [0.717, 1.165) is 30.7 Å². The third-order valence-corrected chi connectivity index (χ3v) is 4.75. The number of nitrogens with two attached hydrogens (primary N) is 1.